The van der Waals surface area contributed by atoms with Crippen LogP contribution >= 0.6 is 15.9 Å². The molecule has 1 saturated heterocycles. The number of carbonyl (C=O) groups is 2. The monoisotopic (exact) mass is 484 g/mol. The van der Waals surface area contributed by atoms with Gasteiger partial charge < -0.3 is 14.9 Å². The van der Waals surface area contributed by atoms with E-state index in [-0.39, 0.29) is 35.1 Å². The number of benzene rings is 2. The van der Waals surface area contributed by atoms with Gasteiger partial charge in [-0.15, -0.1) is 0 Å². The molecule has 30 heavy (non-hydrogen) atoms. The van der Waals surface area contributed by atoms with Crippen LogP contribution in [0.25, 0.3) is 0 Å². The van der Waals surface area contributed by atoms with Crippen LogP contribution in [0.3, 0.4) is 0 Å². The van der Waals surface area contributed by atoms with Crippen molar-refractivity contribution in [2.75, 3.05) is 20.1 Å². The van der Waals surface area contributed by atoms with E-state index in [1.165, 1.54) is 15.9 Å². The Labute approximate surface area is 180 Å². The Morgan fingerprint density at radius 3 is 2.43 bits per heavy atom. The minimum atomic E-state index is -4.57. The van der Waals surface area contributed by atoms with E-state index in [9.17, 15) is 27.9 Å². The summed E-state index contributed by atoms with van der Waals surface area (Å²) in [4.78, 5) is 27.3. The highest BCUT2D eigenvalue weighted by Gasteiger charge is 2.37. The Morgan fingerprint density at radius 1 is 1.17 bits per heavy atom. The van der Waals surface area contributed by atoms with Gasteiger partial charge in [0.2, 0.25) is 0 Å². The minimum absolute atomic E-state index is 0.0772. The second-order valence-corrected chi connectivity index (χ2v) is 8.16. The van der Waals surface area contributed by atoms with Gasteiger partial charge in [0.15, 0.2) is 0 Å². The number of carbonyl (C=O) groups excluding carboxylic acids is 1. The molecule has 2 atom stereocenters. The Morgan fingerprint density at radius 2 is 1.83 bits per heavy atom. The topological polar surface area (TPSA) is 60.9 Å². The standard InChI is InChI=1S/C21H20BrF3N2O3/c1-26(19(28)14-9-15(21(23,24)25)11-16(22)10-14)18-7-8-27(20(29)30)12-17(18)13-5-3-2-4-6-13/h2-6,9-11,17-18H,7-8,12H2,1H3,(H,29,30)/t17-,18+/m0/s1. The summed E-state index contributed by atoms with van der Waals surface area (Å²) in [5, 5.41) is 9.39. The summed E-state index contributed by atoms with van der Waals surface area (Å²) in [6.45, 7) is 0.446. The van der Waals surface area contributed by atoms with Crippen molar-refractivity contribution in [3.63, 3.8) is 0 Å². The molecule has 9 heteroatoms. The van der Waals surface area contributed by atoms with Crippen molar-refractivity contribution in [1.29, 1.82) is 0 Å². The molecule has 1 aliphatic rings. The van der Waals surface area contributed by atoms with Gasteiger partial charge in [-0.1, -0.05) is 46.3 Å². The third-order valence-corrected chi connectivity index (χ3v) is 5.82. The largest absolute Gasteiger partial charge is 0.465 e. The predicted octanol–water partition coefficient (Wildman–Crippen LogP) is 5.08. The van der Waals surface area contributed by atoms with E-state index in [0.717, 1.165) is 17.7 Å². The molecular weight excluding hydrogens is 465 g/mol. The number of carboxylic acid groups (broad SMARTS) is 1. The number of hydrogen-bond acceptors (Lipinski definition) is 2. The van der Waals surface area contributed by atoms with Gasteiger partial charge in [-0.05, 0) is 30.2 Å². The highest BCUT2D eigenvalue weighted by Crippen LogP contribution is 2.34. The Hall–Kier alpha value is -2.55. The molecule has 0 radical (unpaired) electrons. The lowest BCUT2D eigenvalue weighted by Gasteiger charge is -2.42. The van der Waals surface area contributed by atoms with Crippen molar-refractivity contribution in [1.82, 2.24) is 9.80 Å². The average molecular weight is 485 g/mol. The SMILES string of the molecule is CN(C(=O)c1cc(Br)cc(C(F)(F)F)c1)[C@@H]1CCN(C(=O)O)C[C@H]1c1ccccc1. The molecule has 0 aromatic heterocycles. The highest BCUT2D eigenvalue weighted by molar-refractivity contribution is 9.10. The van der Waals surface area contributed by atoms with E-state index >= 15 is 0 Å². The van der Waals surface area contributed by atoms with E-state index in [0.29, 0.717) is 6.42 Å². The molecule has 0 unspecified atom stereocenters. The number of piperidine rings is 1. The molecule has 1 aliphatic heterocycles. The normalized spacial score (nSPS) is 19.4. The zero-order chi connectivity index (χ0) is 22.1. The maximum absolute atomic E-state index is 13.2. The van der Waals surface area contributed by atoms with Crippen LogP contribution in [0, 0.1) is 0 Å². The van der Waals surface area contributed by atoms with Crippen LogP contribution in [-0.2, 0) is 6.18 Å². The van der Waals surface area contributed by atoms with Gasteiger partial charge in [-0.3, -0.25) is 4.79 Å². The lowest BCUT2D eigenvalue weighted by molar-refractivity contribution is -0.137. The molecule has 5 nitrogen and oxygen atoms in total. The Kier molecular flexibility index (Phi) is 6.40. The first-order valence-electron chi connectivity index (χ1n) is 9.25. The maximum atomic E-state index is 13.2. The summed E-state index contributed by atoms with van der Waals surface area (Å²) in [5.41, 5.74) is -0.112. The molecule has 2 amide bonds. The summed E-state index contributed by atoms with van der Waals surface area (Å²) < 4.78 is 39.6. The first-order chi connectivity index (χ1) is 14.1. The Bertz CT molecular complexity index is 937. The van der Waals surface area contributed by atoms with Gasteiger partial charge in [0.05, 0.1) is 5.56 Å². The first-order valence-corrected chi connectivity index (χ1v) is 10.0. The molecule has 3 rings (SSSR count). The van der Waals surface area contributed by atoms with Gasteiger partial charge in [0, 0.05) is 42.1 Å². The lowest BCUT2D eigenvalue weighted by atomic mass is 9.85. The number of likely N-dealkylation sites (tertiary alicyclic amines) is 1. The third-order valence-electron chi connectivity index (χ3n) is 5.36. The molecule has 0 saturated carbocycles. The predicted molar refractivity (Wildman–Crippen MR) is 108 cm³/mol. The van der Waals surface area contributed by atoms with E-state index in [4.69, 9.17) is 0 Å². The van der Waals surface area contributed by atoms with Crippen LogP contribution in [0.15, 0.2) is 53.0 Å². The molecule has 2 aromatic carbocycles. The second kappa shape index (κ2) is 8.67. The van der Waals surface area contributed by atoms with E-state index in [1.807, 2.05) is 30.3 Å². The minimum Gasteiger partial charge on any atom is -0.465 e. The van der Waals surface area contributed by atoms with Crippen LogP contribution < -0.4 is 0 Å². The van der Waals surface area contributed by atoms with Crippen molar-refractivity contribution in [2.45, 2.75) is 24.6 Å². The van der Waals surface area contributed by atoms with Crippen molar-refractivity contribution in [2.24, 2.45) is 0 Å². The van der Waals surface area contributed by atoms with Gasteiger partial charge in [0.25, 0.3) is 5.91 Å². The van der Waals surface area contributed by atoms with E-state index in [2.05, 4.69) is 15.9 Å². The van der Waals surface area contributed by atoms with Crippen LogP contribution in [-0.4, -0.2) is 53.1 Å². The zero-order valence-electron chi connectivity index (χ0n) is 16.1. The van der Waals surface area contributed by atoms with Crippen molar-refractivity contribution >= 4 is 27.9 Å². The molecule has 160 valence electrons. The van der Waals surface area contributed by atoms with Crippen molar-refractivity contribution in [3.05, 3.63) is 69.7 Å². The highest BCUT2D eigenvalue weighted by atomic mass is 79.9. The van der Waals surface area contributed by atoms with Crippen LogP contribution in [0.4, 0.5) is 18.0 Å². The zero-order valence-corrected chi connectivity index (χ0v) is 17.7. The summed E-state index contributed by atoms with van der Waals surface area (Å²) in [7, 11) is 1.55. The molecular formula is C21H20BrF3N2O3. The lowest BCUT2D eigenvalue weighted by Crippen LogP contribution is -2.51. The summed E-state index contributed by atoms with van der Waals surface area (Å²) in [5.74, 6) is -0.837. The summed E-state index contributed by atoms with van der Waals surface area (Å²) in [6.07, 6.45) is -5.23. The quantitative estimate of drug-likeness (QED) is 0.660. The smallest absolute Gasteiger partial charge is 0.416 e. The fraction of sp³-hybridized carbons (Fsp3) is 0.333. The number of hydrogen-bond donors (Lipinski definition) is 1. The molecule has 0 spiro atoms. The summed E-state index contributed by atoms with van der Waals surface area (Å²) >= 11 is 3.05. The molecule has 0 bridgehead atoms. The number of nitrogens with zero attached hydrogens (tertiary/aromatic N) is 2. The number of alkyl halides is 3. The summed E-state index contributed by atoms with van der Waals surface area (Å²) in [6, 6.07) is 12.0. The maximum Gasteiger partial charge on any atom is 0.416 e. The molecule has 0 aliphatic carbocycles. The molecule has 1 fully saturated rings. The average Bonchev–Trinajstić information content (AvgIpc) is 2.71. The molecule has 1 N–H and O–H groups in total. The molecule has 1 heterocycles. The van der Waals surface area contributed by atoms with E-state index < -0.39 is 23.7 Å². The number of amides is 2. The van der Waals surface area contributed by atoms with Crippen LogP contribution in [0.1, 0.15) is 33.8 Å². The van der Waals surface area contributed by atoms with Gasteiger partial charge in [-0.25, -0.2) is 4.79 Å². The van der Waals surface area contributed by atoms with Gasteiger partial charge in [0.1, 0.15) is 0 Å². The van der Waals surface area contributed by atoms with Gasteiger partial charge in [-0.2, -0.15) is 13.2 Å². The number of halogens is 4. The Balaban J connectivity index is 1.92. The fourth-order valence-electron chi connectivity index (χ4n) is 3.84. The number of rotatable bonds is 3. The first kappa shape index (κ1) is 22.1. The van der Waals surface area contributed by atoms with Crippen molar-refractivity contribution < 1.29 is 27.9 Å². The van der Waals surface area contributed by atoms with Gasteiger partial charge >= 0.3 is 12.3 Å². The number of likely N-dealkylation sites (N-methyl/N-ethyl adjacent to an activating group) is 1. The molecule has 2 aromatic rings. The second-order valence-electron chi connectivity index (χ2n) is 7.24. The van der Waals surface area contributed by atoms with E-state index in [1.54, 1.807) is 7.05 Å². The van der Waals surface area contributed by atoms with Crippen LogP contribution in [0.2, 0.25) is 0 Å². The fourth-order valence-corrected chi connectivity index (χ4v) is 4.33. The third kappa shape index (κ3) is 4.77. The van der Waals surface area contributed by atoms with Crippen molar-refractivity contribution in [3.8, 4) is 0 Å². The van der Waals surface area contributed by atoms with Crippen LogP contribution in [0.5, 0.6) is 0 Å².